The molecule has 2 aromatic carbocycles. The fraction of sp³-hybridized carbons (Fsp3) is 0.182. The normalized spacial score (nSPS) is 10.5. The van der Waals surface area contributed by atoms with Crippen LogP contribution >= 0.6 is 0 Å². The summed E-state index contributed by atoms with van der Waals surface area (Å²) < 4.78 is 12.9. The Morgan fingerprint density at radius 3 is 2.37 bits per heavy atom. The summed E-state index contributed by atoms with van der Waals surface area (Å²) in [5.74, 6) is -0.499. The van der Waals surface area contributed by atoms with Crippen LogP contribution in [0.25, 0.3) is 0 Å². The van der Waals surface area contributed by atoms with Crippen LogP contribution in [0.5, 0.6) is 0 Å². The van der Waals surface area contributed by atoms with Crippen molar-refractivity contribution in [2.24, 2.45) is 0 Å². The first kappa shape index (κ1) is 18.6. The first-order valence-electron chi connectivity index (χ1n) is 8.83. The van der Waals surface area contributed by atoms with Gasteiger partial charge in [-0.15, -0.1) is 0 Å². The molecule has 0 fully saturated rings. The Hall–Kier alpha value is -3.21. The van der Waals surface area contributed by atoms with Crippen molar-refractivity contribution in [1.82, 2.24) is 10.3 Å². The second-order valence-electron chi connectivity index (χ2n) is 6.56. The van der Waals surface area contributed by atoms with Crippen LogP contribution in [-0.2, 0) is 6.42 Å². The molecule has 0 unspecified atom stereocenters. The third-order valence-electron chi connectivity index (χ3n) is 4.12. The second kappa shape index (κ2) is 8.45. The van der Waals surface area contributed by atoms with E-state index in [0.29, 0.717) is 18.7 Å². The van der Waals surface area contributed by atoms with Gasteiger partial charge in [0, 0.05) is 24.1 Å². The van der Waals surface area contributed by atoms with Crippen molar-refractivity contribution in [1.29, 1.82) is 0 Å². The Morgan fingerprint density at radius 2 is 1.67 bits per heavy atom. The number of amides is 1. The van der Waals surface area contributed by atoms with Crippen molar-refractivity contribution in [3.63, 3.8) is 0 Å². The molecule has 0 spiro atoms. The molecule has 5 heteroatoms. The SMILES string of the molecule is Cc1cc(C)cc(Nc2ccnc(C(=O)NCCc3ccc(F)cc3)c2)c1. The van der Waals surface area contributed by atoms with Gasteiger partial charge in [0.15, 0.2) is 0 Å². The minimum Gasteiger partial charge on any atom is -0.355 e. The van der Waals surface area contributed by atoms with Crippen molar-refractivity contribution in [2.45, 2.75) is 20.3 Å². The fourth-order valence-corrected chi connectivity index (χ4v) is 2.91. The number of carbonyl (C=O) groups is 1. The number of hydrogen-bond acceptors (Lipinski definition) is 3. The van der Waals surface area contributed by atoms with E-state index in [1.54, 1.807) is 24.4 Å². The van der Waals surface area contributed by atoms with Crippen LogP contribution in [0.2, 0.25) is 0 Å². The molecule has 0 saturated carbocycles. The quantitative estimate of drug-likeness (QED) is 0.675. The standard InChI is InChI=1S/C22H22FN3O/c1-15-11-16(2)13-20(12-15)26-19-8-10-24-21(14-19)22(27)25-9-7-17-3-5-18(23)6-4-17/h3-6,8,10-14H,7,9H2,1-2H3,(H,24,26)(H,25,27). The van der Waals surface area contributed by atoms with E-state index >= 15 is 0 Å². The predicted molar refractivity (Wildman–Crippen MR) is 106 cm³/mol. The predicted octanol–water partition coefficient (Wildman–Crippen LogP) is 4.55. The molecular formula is C22H22FN3O. The first-order valence-corrected chi connectivity index (χ1v) is 8.83. The summed E-state index contributed by atoms with van der Waals surface area (Å²) >= 11 is 0. The molecule has 0 atom stereocenters. The van der Waals surface area contributed by atoms with E-state index in [2.05, 4.69) is 33.8 Å². The molecule has 1 amide bonds. The molecule has 3 aromatic rings. The maximum Gasteiger partial charge on any atom is 0.269 e. The first-order chi connectivity index (χ1) is 13.0. The van der Waals surface area contributed by atoms with Gasteiger partial charge in [-0.2, -0.15) is 0 Å². The Bertz CT molecular complexity index is 918. The zero-order valence-electron chi connectivity index (χ0n) is 15.4. The molecule has 0 aliphatic heterocycles. The van der Waals surface area contributed by atoms with Gasteiger partial charge in [-0.25, -0.2) is 4.39 Å². The monoisotopic (exact) mass is 363 g/mol. The minimum atomic E-state index is -0.264. The molecule has 1 heterocycles. The summed E-state index contributed by atoms with van der Waals surface area (Å²) in [5.41, 5.74) is 5.44. The number of pyridine rings is 1. The van der Waals surface area contributed by atoms with Crippen LogP contribution in [0, 0.1) is 19.7 Å². The van der Waals surface area contributed by atoms with Crippen molar-refractivity contribution >= 4 is 17.3 Å². The lowest BCUT2D eigenvalue weighted by Crippen LogP contribution is -2.26. The van der Waals surface area contributed by atoms with E-state index in [4.69, 9.17) is 0 Å². The van der Waals surface area contributed by atoms with Crippen LogP contribution in [0.15, 0.2) is 60.8 Å². The third kappa shape index (κ3) is 5.38. The summed E-state index contributed by atoms with van der Waals surface area (Å²) in [6.45, 7) is 4.55. The lowest BCUT2D eigenvalue weighted by atomic mass is 10.1. The number of nitrogens with zero attached hydrogens (tertiary/aromatic N) is 1. The molecule has 0 bridgehead atoms. The molecule has 0 radical (unpaired) electrons. The number of rotatable bonds is 6. The molecule has 2 N–H and O–H groups in total. The smallest absolute Gasteiger partial charge is 0.269 e. The summed E-state index contributed by atoms with van der Waals surface area (Å²) in [6, 6.07) is 16.0. The molecule has 1 aromatic heterocycles. The highest BCUT2D eigenvalue weighted by atomic mass is 19.1. The number of carbonyl (C=O) groups excluding carboxylic acids is 1. The van der Waals surface area contributed by atoms with Crippen LogP contribution < -0.4 is 10.6 Å². The Morgan fingerprint density at radius 1 is 0.963 bits per heavy atom. The van der Waals surface area contributed by atoms with Crippen molar-refractivity contribution in [3.05, 3.63) is 89.0 Å². The third-order valence-corrected chi connectivity index (χ3v) is 4.12. The highest BCUT2D eigenvalue weighted by Crippen LogP contribution is 2.19. The van der Waals surface area contributed by atoms with Gasteiger partial charge in [0.25, 0.3) is 5.91 Å². The number of halogens is 1. The number of nitrogens with one attached hydrogen (secondary N) is 2. The molecule has 0 aliphatic carbocycles. The van der Waals surface area contributed by atoms with E-state index in [0.717, 1.165) is 16.9 Å². The molecule has 0 aliphatic rings. The van der Waals surface area contributed by atoms with Crippen molar-refractivity contribution in [3.8, 4) is 0 Å². The molecule has 0 saturated heterocycles. The molecule has 138 valence electrons. The summed E-state index contributed by atoms with van der Waals surface area (Å²) in [4.78, 5) is 16.5. The second-order valence-corrected chi connectivity index (χ2v) is 6.56. The number of hydrogen-bond donors (Lipinski definition) is 2. The number of anilines is 2. The molecular weight excluding hydrogens is 341 g/mol. The maximum absolute atomic E-state index is 12.9. The number of aromatic nitrogens is 1. The zero-order chi connectivity index (χ0) is 19.2. The topological polar surface area (TPSA) is 54.0 Å². The van der Waals surface area contributed by atoms with Crippen molar-refractivity contribution < 1.29 is 9.18 Å². The van der Waals surface area contributed by atoms with E-state index in [-0.39, 0.29) is 11.7 Å². The lowest BCUT2D eigenvalue weighted by molar-refractivity contribution is 0.0949. The van der Waals surface area contributed by atoms with Gasteiger partial charge in [0.2, 0.25) is 0 Å². The summed E-state index contributed by atoms with van der Waals surface area (Å²) in [5, 5.41) is 6.16. The average Bonchev–Trinajstić information content (AvgIpc) is 2.62. The van der Waals surface area contributed by atoms with Crippen LogP contribution in [0.4, 0.5) is 15.8 Å². The average molecular weight is 363 g/mol. The molecule has 3 rings (SSSR count). The summed E-state index contributed by atoms with van der Waals surface area (Å²) in [6.07, 6.45) is 2.24. The summed E-state index contributed by atoms with van der Waals surface area (Å²) in [7, 11) is 0. The van der Waals surface area contributed by atoms with Gasteiger partial charge < -0.3 is 10.6 Å². The van der Waals surface area contributed by atoms with Gasteiger partial charge >= 0.3 is 0 Å². The zero-order valence-corrected chi connectivity index (χ0v) is 15.4. The molecule has 27 heavy (non-hydrogen) atoms. The van der Waals surface area contributed by atoms with Crippen LogP contribution in [-0.4, -0.2) is 17.4 Å². The minimum absolute atomic E-state index is 0.235. The van der Waals surface area contributed by atoms with E-state index < -0.39 is 0 Å². The highest BCUT2D eigenvalue weighted by Gasteiger charge is 2.08. The number of benzene rings is 2. The van der Waals surface area contributed by atoms with E-state index in [1.165, 1.54) is 23.3 Å². The largest absolute Gasteiger partial charge is 0.355 e. The Balaban J connectivity index is 1.60. The van der Waals surface area contributed by atoms with E-state index in [1.807, 2.05) is 19.9 Å². The van der Waals surface area contributed by atoms with Gasteiger partial charge in [0.1, 0.15) is 11.5 Å². The Kier molecular flexibility index (Phi) is 5.81. The number of aryl methyl sites for hydroxylation is 2. The van der Waals surface area contributed by atoms with Gasteiger partial charge in [-0.05, 0) is 73.4 Å². The van der Waals surface area contributed by atoms with Gasteiger partial charge in [-0.1, -0.05) is 18.2 Å². The van der Waals surface area contributed by atoms with Crippen LogP contribution in [0.1, 0.15) is 27.2 Å². The molecule has 4 nitrogen and oxygen atoms in total. The van der Waals surface area contributed by atoms with Gasteiger partial charge in [0.05, 0.1) is 0 Å². The lowest BCUT2D eigenvalue weighted by Gasteiger charge is -2.10. The van der Waals surface area contributed by atoms with E-state index in [9.17, 15) is 9.18 Å². The van der Waals surface area contributed by atoms with Crippen molar-refractivity contribution in [2.75, 3.05) is 11.9 Å². The fourth-order valence-electron chi connectivity index (χ4n) is 2.91. The Labute approximate surface area is 158 Å². The van der Waals surface area contributed by atoms with Crippen LogP contribution in [0.3, 0.4) is 0 Å². The van der Waals surface area contributed by atoms with Gasteiger partial charge in [-0.3, -0.25) is 9.78 Å². The maximum atomic E-state index is 12.9. The highest BCUT2D eigenvalue weighted by molar-refractivity contribution is 5.93.